The van der Waals surface area contributed by atoms with Crippen LogP contribution in [0.5, 0.6) is 0 Å². The van der Waals surface area contributed by atoms with E-state index in [1.807, 2.05) is 7.05 Å². The highest BCUT2D eigenvalue weighted by atomic mass is 15.2. The summed E-state index contributed by atoms with van der Waals surface area (Å²) in [6.07, 6.45) is 1.25. The van der Waals surface area contributed by atoms with Crippen molar-refractivity contribution in [2.75, 3.05) is 7.05 Å². The monoisotopic (exact) mass is 259 g/mol. The minimum Gasteiger partial charge on any atom is -0.353 e. The zero-order chi connectivity index (χ0) is 14.0. The van der Waals surface area contributed by atoms with Crippen LogP contribution in [0.15, 0.2) is 17.1 Å². The molecule has 1 aliphatic rings. The van der Waals surface area contributed by atoms with Crippen LogP contribution in [0.1, 0.15) is 35.6 Å². The second kappa shape index (κ2) is 5.64. The Morgan fingerprint density at radius 1 is 1.26 bits per heavy atom. The molecule has 3 heteroatoms. The minimum atomic E-state index is 0.603. The van der Waals surface area contributed by atoms with Crippen molar-refractivity contribution in [2.45, 2.75) is 46.7 Å². The van der Waals surface area contributed by atoms with Crippen molar-refractivity contribution in [1.82, 2.24) is 10.6 Å². The van der Waals surface area contributed by atoms with Gasteiger partial charge in [-0.1, -0.05) is 24.6 Å². The molecule has 0 heterocycles. The Morgan fingerprint density at radius 3 is 2.32 bits per heavy atom. The summed E-state index contributed by atoms with van der Waals surface area (Å²) in [5.74, 6) is 1.69. The summed E-state index contributed by atoms with van der Waals surface area (Å²) in [4.78, 5) is 4.29. The van der Waals surface area contributed by atoms with Gasteiger partial charge in [0.15, 0.2) is 5.96 Å². The van der Waals surface area contributed by atoms with E-state index >= 15 is 0 Å². The number of hydrogen-bond acceptors (Lipinski definition) is 1. The number of rotatable bonds is 3. The van der Waals surface area contributed by atoms with Gasteiger partial charge in [0.1, 0.15) is 0 Å². The van der Waals surface area contributed by atoms with Crippen LogP contribution in [0.2, 0.25) is 0 Å². The average Bonchev–Trinajstić information content (AvgIpc) is 3.02. The molecule has 0 radical (unpaired) electrons. The summed E-state index contributed by atoms with van der Waals surface area (Å²) < 4.78 is 0. The van der Waals surface area contributed by atoms with Crippen molar-refractivity contribution in [3.05, 3.63) is 34.4 Å². The lowest BCUT2D eigenvalue weighted by molar-refractivity contribution is 0.760. The first-order valence-corrected chi connectivity index (χ1v) is 7.05. The molecule has 104 valence electrons. The quantitative estimate of drug-likeness (QED) is 0.647. The van der Waals surface area contributed by atoms with Crippen molar-refractivity contribution in [3.8, 4) is 0 Å². The fourth-order valence-electron chi connectivity index (χ4n) is 2.55. The largest absolute Gasteiger partial charge is 0.353 e. The lowest BCUT2D eigenvalue weighted by Gasteiger charge is -2.15. The van der Waals surface area contributed by atoms with E-state index in [1.165, 1.54) is 28.7 Å². The van der Waals surface area contributed by atoms with E-state index < -0.39 is 0 Å². The van der Waals surface area contributed by atoms with E-state index in [0.29, 0.717) is 6.04 Å². The highest BCUT2D eigenvalue weighted by Gasteiger charge is 2.33. The third-order valence-electron chi connectivity index (χ3n) is 3.93. The average molecular weight is 259 g/mol. The van der Waals surface area contributed by atoms with Gasteiger partial charge in [-0.15, -0.1) is 0 Å². The van der Waals surface area contributed by atoms with Gasteiger partial charge >= 0.3 is 0 Å². The molecule has 2 rings (SSSR count). The normalized spacial score (nSPS) is 22.3. The summed E-state index contributed by atoms with van der Waals surface area (Å²) in [7, 11) is 1.83. The predicted octanol–water partition coefficient (Wildman–Crippen LogP) is 2.69. The highest BCUT2D eigenvalue weighted by Crippen LogP contribution is 2.28. The van der Waals surface area contributed by atoms with Crippen molar-refractivity contribution in [1.29, 1.82) is 0 Å². The number of aryl methyl sites for hydroxylation is 3. The van der Waals surface area contributed by atoms with E-state index in [0.717, 1.165) is 18.4 Å². The molecule has 0 bridgehead atoms. The Hall–Kier alpha value is -1.51. The third-order valence-corrected chi connectivity index (χ3v) is 3.93. The number of nitrogens with one attached hydrogen (secondary N) is 2. The topological polar surface area (TPSA) is 36.4 Å². The summed E-state index contributed by atoms with van der Waals surface area (Å²) in [6, 6.07) is 5.08. The molecular formula is C16H25N3. The molecule has 0 aliphatic heterocycles. The van der Waals surface area contributed by atoms with Crippen molar-refractivity contribution in [3.63, 3.8) is 0 Å². The van der Waals surface area contributed by atoms with Crippen molar-refractivity contribution < 1.29 is 0 Å². The van der Waals surface area contributed by atoms with Crippen LogP contribution in [-0.2, 0) is 6.54 Å². The zero-order valence-corrected chi connectivity index (χ0v) is 12.7. The van der Waals surface area contributed by atoms with Gasteiger partial charge in [0, 0.05) is 19.6 Å². The van der Waals surface area contributed by atoms with Gasteiger partial charge in [0.25, 0.3) is 0 Å². The second-order valence-electron chi connectivity index (χ2n) is 5.77. The van der Waals surface area contributed by atoms with Crippen LogP contribution in [0.4, 0.5) is 0 Å². The van der Waals surface area contributed by atoms with E-state index in [2.05, 4.69) is 55.5 Å². The van der Waals surface area contributed by atoms with Gasteiger partial charge in [-0.05, 0) is 49.8 Å². The summed E-state index contributed by atoms with van der Waals surface area (Å²) in [5.41, 5.74) is 5.39. The molecule has 0 amide bonds. The molecule has 0 aromatic heterocycles. The Bertz CT molecular complexity index is 468. The fraction of sp³-hybridized carbons (Fsp3) is 0.562. The van der Waals surface area contributed by atoms with Gasteiger partial charge in [-0.2, -0.15) is 0 Å². The van der Waals surface area contributed by atoms with E-state index in [1.54, 1.807) is 0 Å². The van der Waals surface area contributed by atoms with Gasteiger partial charge in [0.2, 0.25) is 0 Å². The predicted molar refractivity (Wildman–Crippen MR) is 81.6 cm³/mol. The second-order valence-corrected chi connectivity index (χ2v) is 5.77. The van der Waals surface area contributed by atoms with Crippen molar-refractivity contribution >= 4 is 5.96 Å². The van der Waals surface area contributed by atoms with Crippen LogP contribution in [0.25, 0.3) is 0 Å². The minimum absolute atomic E-state index is 0.603. The van der Waals surface area contributed by atoms with Crippen LogP contribution in [0, 0.1) is 26.7 Å². The zero-order valence-electron chi connectivity index (χ0n) is 12.7. The SMILES string of the molecule is CN=C(NCc1c(C)cc(C)cc1C)NC1CC1C. The number of aliphatic imine (C=N–C) groups is 1. The maximum absolute atomic E-state index is 4.29. The number of hydrogen-bond donors (Lipinski definition) is 2. The number of guanidine groups is 1. The van der Waals surface area contributed by atoms with Gasteiger partial charge < -0.3 is 10.6 Å². The maximum atomic E-state index is 4.29. The number of nitrogens with zero attached hydrogens (tertiary/aromatic N) is 1. The molecule has 1 aliphatic carbocycles. The number of benzene rings is 1. The molecule has 2 unspecified atom stereocenters. The highest BCUT2D eigenvalue weighted by molar-refractivity contribution is 5.80. The standard InChI is InChI=1S/C16H25N3/c1-10-6-11(2)14(12(3)7-10)9-18-16(17-5)19-15-8-13(15)4/h6-7,13,15H,8-9H2,1-5H3,(H2,17,18,19). The van der Waals surface area contributed by atoms with Crippen LogP contribution >= 0.6 is 0 Å². The summed E-state index contributed by atoms with van der Waals surface area (Å²) >= 11 is 0. The van der Waals surface area contributed by atoms with Crippen LogP contribution < -0.4 is 10.6 Å². The lowest BCUT2D eigenvalue weighted by atomic mass is 10.00. The lowest BCUT2D eigenvalue weighted by Crippen LogP contribution is -2.38. The Morgan fingerprint density at radius 2 is 1.84 bits per heavy atom. The third kappa shape index (κ3) is 3.49. The summed E-state index contributed by atoms with van der Waals surface area (Å²) in [5, 5.41) is 6.87. The molecule has 0 spiro atoms. The van der Waals surface area contributed by atoms with Crippen molar-refractivity contribution in [2.24, 2.45) is 10.9 Å². The van der Waals surface area contributed by atoms with Gasteiger partial charge in [-0.25, -0.2) is 0 Å². The van der Waals surface area contributed by atoms with E-state index in [4.69, 9.17) is 0 Å². The molecule has 0 saturated heterocycles. The molecule has 2 atom stereocenters. The first-order valence-electron chi connectivity index (χ1n) is 7.05. The molecule has 1 aromatic rings. The van der Waals surface area contributed by atoms with E-state index in [9.17, 15) is 0 Å². The molecule has 2 N–H and O–H groups in total. The first-order chi connectivity index (χ1) is 9.01. The molecule has 1 fully saturated rings. The Kier molecular flexibility index (Phi) is 4.13. The molecule has 19 heavy (non-hydrogen) atoms. The molecular weight excluding hydrogens is 234 g/mol. The summed E-state index contributed by atoms with van der Waals surface area (Å²) in [6.45, 7) is 9.59. The molecule has 3 nitrogen and oxygen atoms in total. The van der Waals surface area contributed by atoms with Crippen LogP contribution in [0.3, 0.4) is 0 Å². The first kappa shape index (κ1) is 13.9. The molecule has 1 saturated carbocycles. The van der Waals surface area contributed by atoms with Crippen LogP contribution in [-0.4, -0.2) is 19.0 Å². The molecule has 1 aromatic carbocycles. The van der Waals surface area contributed by atoms with E-state index in [-0.39, 0.29) is 0 Å². The van der Waals surface area contributed by atoms with Gasteiger partial charge in [0.05, 0.1) is 0 Å². The fourth-order valence-corrected chi connectivity index (χ4v) is 2.55. The smallest absolute Gasteiger partial charge is 0.191 e. The maximum Gasteiger partial charge on any atom is 0.191 e. The Balaban J connectivity index is 1.97. The Labute approximate surface area is 116 Å². The van der Waals surface area contributed by atoms with Gasteiger partial charge in [-0.3, -0.25) is 4.99 Å².